The SMILES string of the molecule is CC(C)c1ccc(Oc2ncnc(N3CCN(C)CC3)c2[N+](=O)[O-])cc1. The molecule has 1 aromatic heterocycles. The molecular formula is C18H23N5O3. The molecule has 26 heavy (non-hydrogen) atoms. The third kappa shape index (κ3) is 3.91. The van der Waals surface area contributed by atoms with E-state index in [4.69, 9.17) is 4.74 Å². The molecule has 3 rings (SSSR count). The summed E-state index contributed by atoms with van der Waals surface area (Å²) in [5.41, 5.74) is 0.984. The first kappa shape index (κ1) is 18.1. The maximum absolute atomic E-state index is 11.7. The monoisotopic (exact) mass is 357 g/mol. The van der Waals surface area contributed by atoms with Crippen LogP contribution >= 0.6 is 0 Å². The van der Waals surface area contributed by atoms with E-state index in [0.29, 0.717) is 30.6 Å². The summed E-state index contributed by atoms with van der Waals surface area (Å²) in [4.78, 5) is 23.5. The van der Waals surface area contributed by atoms with E-state index < -0.39 is 4.92 Å². The highest BCUT2D eigenvalue weighted by Gasteiger charge is 2.30. The van der Waals surface area contributed by atoms with Crippen LogP contribution in [-0.4, -0.2) is 53.0 Å². The second-order valence-corrected chi connectivity index (χ2v) is 6.72. The molecule has 0 unspecified atom stereocenters. The van der Waals surface area contributed by atoms with Gasteiger partial charge in [0.05, 0.1) is 4.92 Å². The molecule has 1 aliphatic heterocycles. The van der Waals surface area contributed by atoms with Crippen molar-refractivity contribution in [3.8, 4) is 11.6 Å². The molecular weight excluding hydrogens is 334 g/mol. The molecule has 0 N–H and O–H groups in total. The average Bonchev–Trinajstić information content (AvgIpc) is 2.62. The van der Waals surface area contributed by atoms with Crippen LogP contribution < -0.4 is 9.64 Å². The van der Waals surface area contributed by atoms with E-state index in [0.717, 1.165) is 13.1 Å². The zero-order chi connectivity index (χ0) is 18.7. The van der Waals surface area contributed by atoms with E-state index in [1.807, 2.05) is 24.1 Å². The molecule has 0 spiro atoms. The van der Waals surface area contributed by atoms with Crippen LogP contribution in [0.2, 0.25) is 0 Å². The van der Waals surface area contributed by atoms with Gasteiger partial charge in [0, 0.05) is 26.2 Å². The minimum atomic E-state index is -0.467. The second-order valence-electron chi connectivity index (χ2n) is 6.72. The van der Waals surface area contributed by atoms with Crippen molar-refractivity contribution in [1.29, 1.82) is 0 Å². The van der Waals surface area contributed by atoms with E-state index in [9.17, 15) is 10.1 Å². The summed E-state index contributed by atoms with van der Waals surface area (Å²) in [5, 5.41) is 11.7. The summed E-state index contributed by atoms with van der Waals surface area (Å²) in [5.74, 6) is 1.20. The van der Waals surface area contributed by atoms with Gasteiger partial charge < -0.3 is 14.5 Å². The summed E-state index contributed by atoms with van der Waals surface area (Å²) < 4.78 is 5.73. The number of nitrogens with zero attached hydrogens (tertiary/aromatic N) is 5. The van der Waals surface area contributed by atoms with Crippen molar-refractivity contribution in [2.75, 3.05) is 38.1 Å². The molecule has 0 aliphatic carbocycles. The van der Waals surface area contributed by atoms with E-state index in [-0.39, 0.29) is 11.6 Å². The van der Waals surface area contributed by atoms with Crippen LogP contribution in [-0.2, 0) is 0 Å². The quantitative estimate of drug-likeness (QED) is 0.600. The number of anilines is 1. The Morgan fingerprint density at radius 3 is 2.35 bits per heavy atom. The molecule has 0 atom stereocenters. The number of ether oxygens (including phenoxy) is 1. The Morgan fingerprint density at radius 2 is 1.77 bits per heavy atom. The molecule has 2 aromatic rings. The highest BCUT2D eigenvalue weighted by molar-refractivity contribution is 5.63. The van der Waals surface area contributed by atoms with E-state index >= 15 is 0 Å². The van der Waals surface area contributed by atoms with Gasteiger partial charge in [-0.15, -0.1) is 0 Å². The van der Waals surface area contributed by atoms with Gasteiger partial charge in [-0.25, -0.2) is 4.98 Å². The van der Waals surface area contributed by atoms with Crippen LogP contribution in [0.4, 0.5) is 11.5 Å². The molecule has 138 valence electrons. The summed E-state index contributed by atoms with van der Waals surface area (Å²) in [6.45, 7) is 7.22. The van der Waals surface area contributed by atoms with Gasteiger partial charge >= 0.3 is 11.6 Å². The third-order valence-electron chi connectivity index (χ3n) is 4.52. The molecule has 0 amide bonds. The Kier molecular flexibility index (Phi) is 5.32. The summed E-state index contributed by atoms with van der Waals surface area (Å²) in [6.07, 6.45) is 1.32. The van der Waals surface area contributed by atoms with Crippen molar-refractivity contribution in [3.05, 3.63) is 46.3 Å². The Labute approximate surface area is 152 Å². The van der Waals surface area contributed by atoms with Crippen LogP contribution in [0.25, 0.3) is 0 Å². The Bertz CT molecular complexity index is 771. The Balaban J connectivity index is 1.89. The standard InChI is InChI=1S/C18H23N5O3/c1-13(2)14-4-6-15(7-5-14)26-18-16(23(24)25)17(19-12-20-18)22-10-8-21(3)9-11-22/h4-7,12-13H,8-11H2,1-3H3. The normalized spacial score (nSPS) is 15.3. The lowest BCUT2D eigenvalue weighted by Crippen LogP contribution is -2.45. The van der Waals surface area contributed by atoms with Crippen LogP contribution in [0.5, 0.6) is 11.6 Å². The molecule has 0 bridgehead atoms. The maximum atomic E-state index is 11.7. The molecule has 1 aromatic carbocycles. The van der Waals surface area contributed by atoms with Gasteiger partial charge in [-0.1, -0.05) is 26.0 Å². The van der Waals surface area contributed by atoms with Crippen molar-refractivity contribution >= 4 is 11.5 Å². The van der Waals surface area contributed by atoms with Crippen molar-refractivity contribution in [1.82, 2.24) is 14.9 Å². The number of likely N-dealkylation sites (N-methyl/N-ethyl adjacent to an activating group) is 1. The number of hydrogen-bond donors (Lipinski definition) is 0. The third-order valence-corrected chi connectivity index (χ3v) is 4.52. The maximum Gasteiger partial charge on any atom is 0.373 e. The number of hydrogen-bond acceptors (Lipinski definition) is 7. The van der Waals surface area contributed by atoms with Gasteiger partial charge in [-0.05, 0) is 30.7 Å². The van der Waals surface area contributed by atoms with E-state index in [1.54, 1.807) is 12.1 Å². The number of nitro groups is 1. The average molecular weight is 357 g/mol. The first-order valence-electron chi connectivity index (χ1n) is 8.66. The minimum absolute atomic E-state index is 0.0313. The van der Waals surface area contributed by atoms with Gasteiger partial charge in [0.25, 0.3) is 0 Å². The van der Waals surface area contributed by atoms with E-state index in [1.165, 1.54) is 11.9 Å². The zero-order valence-corrected chi connectivity index (χ0v) is 15.3. The first-order valence-corrected chi connectivity index (χ1v) is 8.66. The molecule has 0 saturated carbocycles. The molecule has 2 heterocycles. The minimum Gasteiger partial charge on any atom is -0.434 e. The van der Waals surface area contributed by atoms with Crippen molar-refractivity contribution in [3.63, 3.8) is 0 Å². The summed E-state index contributed by atoms with van der Waals surface area (Å²) in [7, 11) is 2.03. The van der Waals surface area contributed by atoms with Crippen molar-refractivity contribution in [2.45, 2.75) is 19.8 Å². The molecule has 0 radical (unpaired) electrons. The Hall–Kier alpha value is -2.74. The van der Waals surface area contributed by atoms with Crippen LogP contribution in [0.3, 0.4) is 0 Å². The van der Waals surface area contributed by atoms with Gasteiger partial charge in [0.2, 0.25) is 5.82 Å². The fraction of sp³-hybridized carbons (Fsp3) is 0.444. The highest BCUT2D eigenvalue weighted by atomic mass is 16.6. The second kappa shape index (κ2) is 7.65. The smallest absolute Gasteiger partial charge is 0.373 e. The van der Waals surface area contributed by atoms with Gasteiger partial charge in [0.15, 0.2) is 0 Å². The number of piperazine rings is 1. The predicted octanol–water partition coefficient (Wildman–Crippen LogP) is 3.05. The lowest BCUT2D eigenvalue weighted by molar-refractivity contribution is -0.385. The summed E-state index contributed by atoms with van der Waals surface area (Å²) in [6, 6.07) is 7.51. The van der Waals surface area contributed by atoms with Crippen molar-refractivity contribution < 1.29 is 9.66 Å². The molecule has 1 saturated heterocycles. The van der Waals surface area contributed by atoms with Gasteiger partial charge in [0.1, 0.15) is 12.1 Å². The topological polar surface area (TPSA) is 84.6 Å². The number of rotatable bonds is 5. The van der Waals surface area contributed by atoms with Crippen LogP contribution in [0, 0.1) is 10.1 Å². The number of benzene rings is 1. The van der Waals surface area contributed by atoms with E-state index in [2.05, 4.69) is 28.7 Å². The van der Waals surface area contributed by atoms with Gasteiger partial charge in [-0.2, -0.15) is 4.98 Å². The van der Waals surface area contributed by atoms with Crippen molar-refractivity contribution in [2.24, 2.45) is 0 Å². The van der Waals surface area contributed by atoms with Crippen LogP contribution in [0.15, 0.2) is 30.6 Å². The lowest BCUT2D eigenvalue weighted by atomic mass is 10.0. The van der Waals surface area contributed by atoms with Crippen LogP contribution in [0.1, 0.15) is 25.3 Å². The predicted molar refractivity (Wildman–Crippen MR) is 99.0 cm³/mol. The molecule has 1 aliphatic rings. The lowest BCUT2D eigenvalue weighted by Gasteiger charge is -2.32. The highest BCUT2D eigenvalue weighted by Crippen LogP contribution is 2.36. The fourth-order valence-corrected chi connectivity index (χ4v) is 2.87. The molecule has 8 heteroatoms. The largest absolute Gasteiger partial charge is 0.434 e. The molecule has 1 fully saturated rings. The van der Waals surface area contributed by atoms with Gasteiger partial charge in [-0.3, -0.25) is 10.1 Å². The fourth-order valence-electron chi connectivity index (χ4n) is 2.87. The zero-order valence-electron chi connectivity index (χ0n) is 15.3. The number of aromatic nitrogens is 2. The summed E-state index contributed by atoms with van der Waals surface area (Å²) >= 11 is 0. The molecule has 8 nitrogen and oxygen atoms in total. The first-order chi connectivity index (χ1) is 12.5. The Morgan fingerprint density at radius 1 is 1.12 bits per heavy atom.